The number of nitrogens with zero attached hydrogens (tertiary/aromatic N) is 2. The molecule has 2 rings (SSSR count). The molecule has 1 aromatic rings. The van der Waals surface area contributed by atoms with Gasteiger partial charge in [0.15, 0.2) is 0 Å². The second kappa shape index (κ2) is 5.45. The number of anilines is 1. The fraction of sp³-hybridized carbons (Fsp3) is 0.692. The van der Waals surface area contributed by atoms with Gasteiger partial charge in [0, 0.05) is 24.9 Å². The molecular formula is C13H22N4. The first-order valence-corrected chi connectivity index (χ1v) is 6.53. The van der Waals surface area contributed by atoms with Crippen LogP contribution in [0, 0.1) is 0 Å². The topological polar surface area (TPSA) is 63.8 Å². The Balaban J connectivity index is 2.23. The Bertz CT molecular complexity index is 372. The number of hydrogen-bond donors (Lipinski definition) is 2. The minimum atomic E-state index is 0.386. The Hall–Kier alpha value is -1.16. The molecule has 0 unspecified atom stereocenters. The molecule has 0 atom stereocenters. The van der Waals surface area contributed by atoms with Gasteiger partial charge in [-0.2, -0.15) is 0 Å². The lowest BCUT2D eigenvalue weighted by Crippen LogP contribution is -2.19. The Morgan fingerprint density at radius 2 is 2.24 bits per heavy atom. The molecule has 3 N–H and O–H groups in total. The van der Waals surface area contributed by atoms with Gasteiger partial charge in [0.1, 0.15) is 5.82 Å². The largest absolute Gasteiger partial charge is 0.381 e. The van der Waals surface area contributed by atoms with Crippen molar-refractivity contribution < 1.29 is 0 Å². The van der Waals surface area contributed by atoms with Crippen molar-refractivity contribution in [2.45, 2.75) is 44.9 Å². The minimum absolute atomic E-state index is 0.386. The van der Waals surface area contributed by atoms with Gasteiger partial charge in [0.05, 0.1) is 17.6 Å². The second-order valence-electron chi connectivity index (χ2n) is 5.03. The molecule has 1 saturated carbocycles. The second-order valence-corrected chi connectivity index (χ2v) is 5.03. The molecular weight excluding hydrogens is 212 g/mol. The van der Waals surface area contributed by atoms with Crippen molar-refractivity contribution in [2.75, 3.05) is 18.4 Å². The Morgan fingerprint density at radius 1 is 1.47 bits per heavy atom. The highest BCUT2D eigenvalue weighted by Gasteiger charge is 2.24. The molecule has 1 fully saturated rings. The lowest BCUT2D eigenvalue weighted by atomic mass is 9.82. The van der Waals surface area contributed by atoms with Crippen LogP contribution in [-0.4, -0.2) is 23.1 Å². The van der Waals surface area contributed by atoms with E-state index in [-0.39, 0.29) is 0 Å². The number of nitrogens with two attached hydrogens (primary N) is 1. The highest BCUT2D eigenvalue weighted by Crippen LogP contribution is 2.38. The van der Waals surface area contributed by atoms with E-state index in [2.05, 4.69) is 24.1 Å². The molecule has 0 spiro atoms. The van der Waals surface area contributed by atoms with Crippen LogP contribution in [0.3, 0.4) is 0 Å². The Labute approximate surface area is 103 Å². The zero-order chi connectivity index (χ0) is 12.3. The van der Waals surface area contributed by atoms with Gasteiger partial charge in [0.2, 0.25) is 0 Å². The van der Waals surface area contributed by atoms with Crippen LogP contribution in [0.1, 0.15) is 56.5 Å². The summed E-state index contributed by atoms with van der Waals surface area (Å²) in [6.07, 6.45) is 5.76. The summed E-state index contributed by atoms with van der Waals surface area (Å²) in [7, 11) is 0. The average Bonchev–Trinajstić information content (AvgIpc) is 2.24. The van der Waals surface area contributed by atoms with Crippen molar-refractivity contribution in [2.24, 2.45) is 5.73 Å². The highest BCUT2D eigenvalue weighted by molar-refractivity contribution is 5.48. The van der Waals surface area contributed by atoms with Crippen LogP contribution in [0.15, 0.2) is 6.20 Å². The van der Waals surface area contributed by atoms with Gasteiger partial charge in [0.25, 0.3) is 0 Å². The van der Waals surface area contributed by atoms with Crippen molar-refractivity contribution >= 4 is 5.69 Å². The van der Waals surface area contributed by atoms with E-state index < -0.39 is 0 Å². The van der Waals surface area contributed by atoms with E-state index in [0.29, 0.717) is 18.4 Å². The predicted molar refractivity (Wildman–Crippen MR) is 70.3 cm³/mol. The fourth-order valence-corrected chi connectivity index (χ4v) is 2.02. The summed E-state index contributed by atoms with van der Waals surface area (Å²) in [5, 5.41) is 3.33. The normalized spacial score (nSPS) is 16.0. The fourth-order valence-electron chi connectivity index (χ4n) is 2.02. The van der Waals surface area contributed by atoms with Crippen LogP contribution >= 0.6 is 0 Å². The van der Waals surface area contributed by atoms with E-state index in [0.717, 1.165) is 18.1 Å². The summed E-state index contributed by atoms with van der Waals surface area (Å²) in [5.41, 5.74) is 7.80. The maximum absolute atomic E-state index is 5.52. The summed E-state index contributed by atoms with van der Waals surface area (Å²) >= 11 is 0. The third kappa shape index (κ3) is 2.75. The van der Waals surface area contributed by atoms with Gasteiger partial charge < -0.3 is 11.1 Å². The highest BCUT2D eigenvalue weighted by atomic mass is 15.0. The Morgan fingerprint density at radius 3 is 2.76 bits per heavy atom. The molecule has 0 amide bonds. The Kier molecular flexibility index (Phi) is 3.94. The van der Waals surface area contributed by atoms with Gasteiger partial charge in [-0.1, -0.05) is 20.3 Å². The van der Waals surface area contributed by atoms with Crippen molar-refractivity contribution in [1.82, 2.24) is 9.97 Å². The third-order valence-electron chi connectivity index (χ3n) is 3.30. The van der Waals surface area contributed by atoms with E-state index in [9.17, 15) is 0 Å². The average molecular weight is 234 g/mol. The molecule has 0 aromatic carbocycles. The van der Waals surface area contributed by atoms with Crippen molar-refractivity contribution in [1.29, 1.82) is 0 Å². The SMILES string of the molecule is CC(C)c1ncc(NCCN)c(C2CCC2)n1. The molecule has 0 radical (unpaired) electrons. The lowest BCUT2D eigenvalue weighted by Gasteiger charge is -2.27. The summed E-state index contributed by atoms with van der Waals surface area (Å²) < 4.78 is 0. The third-order valence-corrected chi connectivity index (χ3v) is 3.30. The standard InChI is InChI=1S/C13H22N4/c1-9(2)13-16-8-11(15-7-6-14)12(17-13)10-4-3-5-10/h8-10,15H,3-7,14H2,1-2H3. The van der Waals surface area contributed by atoms with Crippen LogP contribution in [0.4, 0.5) is 5.69 Å². The van der Waals surface area contributed by atoms with Crippen LogP contribution in [0.5, 0.6) is 0 Å². The first kappa shape index (κ1) is 12.3. The van der Waals surface area contributed by atoms with Crippen LogP contribution in [0.25, 0.3) is 0 Å². The number of aromatic nitrogens is 2. The van der Waals surface area contributed by atoms with E-state index in [1.54, 1.807) is 0 Å². The van der Waals surface area contributed by atoms with Gasteiger partial charge in [-0.05, 0) is 12.8 Å². The zero-order valence-corrected chi connectivity index (χ0v) is 10.7. The molecule has 0 aliphatic heterocycles. The smallest absolute Gasteiger partial charge is 0.131 e. The molecule has 0 bridgehead atoms. The number of rotatable bonds is 5. The quantitative estimate of drug-likeness (QED) is 0.820. The van der Waals surface area contributed by atoms with Gasteiger partial charge in [-0.25, -0.2) is 9.97 Å². The first-order valence-electron chi connectivity index (χ1n) is 6.53. The summed E-state index contributed by atoms with van der Waals surface area (Å²) in [6.45, 7) is 5.68. The molecule has 1 aromatic heterocycles. The van der Waals surface area contributed by atoms with E-state index >= 15 is 0 Å². The summed E-state index contributed by atoms with van der Waals surface area (Å²) in [4.78, 5) is 9.15. The number of hydrogen-bond acceptors (Lipinski definition) is 4. The molecule has 94 valence electrons. The van der Waals surface area contributed by atoms with Crippen molar-refractivity contribution in [3.63, 3.8) is 0 Å². The molecule has 4 nitrogen and oxygen atoms in total. The van der Waals surface area contributed by atoms with Gasteiger partial charge in [-0.15, -0.1) is 0 Å². The van der Waals surface area contributed by atoms with E-state index in [4.69, 9.17) is 10.7 Å². The lowest BCUT2D eigenvalue weighted by molar-refractivity contribution is 0.410. The zero-order valence-electron chi connectivity index (χ0n) is 10.7. The maximum Gasteiger partial charge on any atom is 0.131 e. The molecule has 0 saturated heterocycles. The molecule has 1 heterocycles. The maximum atomic E-state index is 5.52. The molecule has 1 aliphatic rings. The van der Waals surface area contributed by atoms with Crippen molar-refractivity contribution in [3.8, 4) is 0 Å². The summed E-state index contributed by atoms with van der Waals surface area (Å²) in [5.74, 6) is 1.96. The molecule has 4 heteroatoms. The predicted octanol–water partition coefficient (Wildman–Crippen LogP) is 2.24. The van der Waals surface area contributed by atoms with Crippen LogP contribution in [-0.2, 0) is 0 Å². The minimum Gasteiger partial charge on any atom is -0.381 e. The van der Waals surface area contributed by atoms with Crippen molar-refractivity contribution in [3.05, 3.63) is 17.7 Å². The van der Waals surface area contributed by atoms with E-state index in [1.807, 2.05) is 6.20 Å². The van der Waals surface area contributed by atoms with Crippen LogP contribution < -0.4 is 11.1 Å². The first-order chi connectivity index (χ1) is 8.22. The van der Waals surface area contributed by atoms with Crippen LogP contribution in [0.2, 0.25) is 0 Å². The van der Waals surface area contributed by atoms with E-state index in [1.165, 1.54) is 25.0 Å². The molecule has 1 aliphatic carbocycles. The summed E-state index contributed by atoms with van der Waals surface area (Å²) in [6, 6.07) is 0. The van der Waals surface area contributed by atoms with Gasteiger partial charge >= 0.3 is 0 Å². The monoisotopic (exact) mass is 234 g/mol. The molecule has 17 heavy (non-hydrogen) atoms. The van der Waals surface area contributed by atoms with Gasteiger partial charge in [-0.3, -0.25) is 0 Å². The number of nitrogens with one attached hydrogen (secondary N) is 1.